The quantitative estimate of drug-likeness (QED) is 0.770. The van der Waals surface area contributed by atoms with Gasteiger partial charge in [-0.25, -0.2) is 0 Å². The Morgan fingerprint density at radius 1 is 1.20 bits per heavy atom. The standard InChI is InChI=1S/C17H33NO2/c1-13(2)14-7-6-8-15(10-9-14)18(17(3,4)5)12-11-16(19)20/h13-15H,6-12H2,1-5H3,(H,19,20). The van der Waals surface area contributed by atoms with Crippen molar-refractivity contribution in [1.29, 1.82) is 0 Å². The van der Waals surface area contributed by atoms with Gasteiger partial charge in [-0.2, -0.15) is 0 Å². The van der Waals surface area contributed by atoms with Crippen molar-refractivity contribution >= 4 is 5.97 Å². The fraction of sp³-hybridized carbons (Fsp3) is 0.941. The molecule has 3 heteroatoms. The van der Waals surface area contributed by atoms with Crippen LogP contribution in [0.25, 0.3) is 0 Å². The topological polar surface area (TPSA) is 40.5 Å². The van der Waals surface area contributed by atoms with Crippen LogP contribution in [0.4, 0.5) is 0 Å². The fourth-order valence-electron chi connectivity index (χ4n) is 3.57. The zero-order valence-corrected chi connectivity index (χ0v) is 14.0. The van der Waals surface area contributed by atoms with E-state index >= 15 is 0 Å². The molecule has 2 atom stereocenters. The summed E-state index contributed by atoms with van der Waals surface area (Å²) in [6.07, 6.45) is 6.61. The molecule has 0 bridgehead atoms. The molecule has 0 amide bonds. The minimum Gasteiger partial charge on any atom is -0.481 e. The van der Waals surface area contributed by atoms with Crippen LogP contribution in [0.1, 0.15) is 73.1 Å². The Balaban J connectivity index is 2.68. The molecule has 3 nitrogen and oxygen atoms in total. The number of carboxylic acid groups (broad SMARTS) is 1. The summed E-state index contributed by atoms with van der Waals surface area (Å²) < 4.78 is 0. The Hall–Kier alpha value is -0.570. The van der Waals surface area contributed by atoms with Crippen molar-refractivity contribution < 1.29 is 9.90 Å². The van der Waals surface area contributed by atoms with E-state index in [0.717, 1.165) is 11.8 Å². The predicted molar refractivity (Wildman–Crippen MR) is 83.9 cm³/mol. The number of aliphatic carboxylic acids is 1. The van der Waals surface area contributed by atoms with E-state index in [1.807, 2.05) is 0 Å². The molecule has 0 aromatic heterocycles. The molecule has 118 valence electrons. The van der Waals surface area contributed by atoms with Crippen molar-refractivity contribution in [2.45, 2.75) is 84.7 Å². The molecule has 20 heavy (non-hydrogen) atoms. The van der Waals surface area contributed by atoms with Crippen molar-refractivity contribution in [3.8, 4) is 0 Å². The first-order valence-electron chi connectivity index (χ1n) is 8.20. The lowest BCUT2D eigenvalue weighted by molar-refractivity contribution is -0.137. The van der Waals surface area contributed by atoms with Gasteiger partial charge in [-0.1, -0.05) is 26.7 Å². The summed E-state index contributed by atoms with van der Waals surface area (Å²) in [6, 6.07) is 0.554. The average Bonchev–Trinajstić information content (AvgIpc) is 2.52. The van der Waals surface area contributed by atoms with Crippen LogP contribution in [-0.4, -0.2) is 34.1 Å². The maximum atomic E-state index is 10.9. The first-order chi connectivity index (χ1) is 9.21. The highest BCUT2D eigenvalue weighted by Gasteiger charge is 2.31. The predicted octanol–water partition coefficient (Wildman–Crippen LogP) is 4.17. The number of nitrogens with zero attached hydrogens (tertiary/aromatic N) is 1. The van der Waals surface area contributed by atoms with E-state index in [4.69, 9.17) is 5.11 Å². The normalized spacial score (nSPS) is 24.9. The van der Waals surface area contributed by atoms with Gasteiger partial charge >= 0.3 is 5.97 Å². The molecule has 1 rings (SSSR count). The van der Waals surface area contributed by atoms with E-state index in [2.05, 4.69) is 39.5 Å². The zero-order chi connectivity index (χ0) is 15.3. The maximum absolute atomic E-state index is 10.9. The lowest BCUT2D eigenvalue weighted by Crippen LogP contribution is -2.49. The second-order valence-corrected chi connectivity index (χ2v) is 7.67. The fourth-order valence-corrected chi connectivity index (χ4v) is 3.57. The molecular weight excluding hydrogens is 250 g/mol. The summed E-state index contributed by atoms with van der Waals surface area (Å²) in [5, 5.41) is 8.97. The number of hydrogen-bond donors (Lipinski definition) is 1. The van der Waals surface area contributed by atoms with Gasteiger partial charge in [0.1, 0.15) is 0 Å². The van der Waals surface area contributed by atoms with Gasteiger partial charge in [0.2, 0.25) is 0 Å². The number of hydrogen-bond acceptors (Lipinski definition) is 2. The lowest BCUT2D eigenvalue weighted by atomic mass is 9.88. The molecule has 0 radical (unpaired) electrons. The van der Waals surface area contributed by atoms with Gasteiger partial charge in [-0.15, -0.1) is 0 Å². The minimum atomic E-state index is -0.687. The van der Waals surface area contributed by atoms with Crippen molar-refractivity contribution in [3.63, 3.8) is 0 Å². The molecule has 0 heterocycles. The third-order valence-corrected chi connectivity index (χ3v) is 4.79. The molecule has 0 aromatic rings. The molecule has 0 aliphatic heterocycles. The summed E-state index contributed by atoms with van der Waals surface area (Å²) >= 11 is 0. The summed E-state index contributed by atoms with van der Waals surface area (Å²) in [7, 11) is 0. The summed E-state index contributed by atoms with van der Waals surface area (Å²) in [6.45, 7) is 12.0. The highest BCUT2D eigenvalue weighted by atomic mass is 16.4. The monoisotopic (exact) mass is 283 g/mol. The second-order valence-electron chi connectivity index (χ2n) is 7.67. The number of rotatable bonds is 5. The SMILES string of the molecule is CC(C)C1CCCC(N(CCC(=O)O)C(C)(C)C)CC1. The van der Waals surface area contributed by atoms with Gasteiger partial charge in [0.25, 0.3) is 0 Å². The third-order valence-electron chi connectivity index (χ3n) is 4.79. The molecule has 1 saturated carbocycles. The van der Waals surface area contributed by atoms with Gasteiger partial charge in [0, 0.05) is 18.1 Å². The average molecular weight is 283 g/mol. The van der Waals surface area contributed by atoms with Gasteiger partial charge in [-0.3, -0.25) is 9.69 Å². The van der Waals surface area contributed by atoms with E-state index in [-0.39, 0.29) is 12.0 Å². The molecule has 0 spiro atoms. The smallest absolute Gasteiger partial charge is 0.304 e. The second kappa shape index (κ2) is 7.44. The largest absolute Gasteiger partial charge is 0.481 e. The molecule has 0 saturated heterocycles. The van der Waals surface area contributed by atoms with Gasteiger partial charge in [0.05, 0.1) is 6.42 Å². The highest BCUT2D eigenvalue weighted by Crippen LogP contribution is 2.33. The zero-order valence-electron chi connectivity index (χ0n) is 14.0. The van der Waals surface area contributed by atoms with E-state index in [1.54, 1.807) is 0 Å². The van der Waals surface area contributed by atoms with Crippen LogP contribution in [0, 0.1) is 11.8 Å². The molecule has 1 N–H and O–H groups in total. The van der Waals surface area contributed by atoms with Gasteiger partial charge in [-0.05, 0) is 51.9 Å². The lowest BCUT2D eigenvalue weighted by Gasteiger charge is -2.41. The van der Waals surface area contributed by atoms with E-state index < -0.39 is 5.97 Å². The van der Waals surface area contributed by atoms with Crippen LogP contribution in [-0.2, 0) is 4.79 Å². The van der Waals surface area contributed by atoms with Gasteiger partial charge < -0.3 is 5.11 Å². The summed E-state index contributed by atoms with van der Waals surface area (Å²) in [5.74, 6) is 0.935. The first-order valence-corrected chi connectivity index (χ1v) is 8.20. The molecule has 1 aliphatic rings. The van der Waals surface area contributed by atoms with Crippen LogP contribution in [0.3, 0.4) is 0 Å². The Morgan fingerprint density at radius 3 is 2.35 bits per heavy atom. The highest BCUT2D eigenvalue weighted by molar-refractivity contribution is 5.66. The summed E-state index contributed by atoms with van der Waals surface area (Å²) in [4.78, 5) is 13.3. The van der Waals surface area contributed by atoms with E-state index in [1.165, 1.54) is 32.1 Å². The Morgan fingerprint density at radius 2 is 1.85 bits per heavy atom. The summed E-state index contributed by atoms with van der Waals surface area (Å²) in [5.41, 5.74) is 0.0534. The van der Waals surface area contributed by atoms with Crippen LogP contribution >= 0.6 is 0 Å². The van der Waals surface area contributed by atoms with Crippen LogP contribution in [0.15, 0.2) is 0 Å². The number of carbonyl (C=O) groups is 1. The third kappa shape index (κ3) is 5.43. The van der Waals surface area contributed by atoms with E-state index in [9.17, 15) is 4.79 Å². The van der Waals surface area contributed by atoms with Crippen LogP contribution in [0.5, 0.6) is 0 Å². The van der Waals surface area contributed by atoms with Crippen molar-refractivity contribution in [3.05, 3.63) is 0 Å². The van der Waals surface area contributed by atoms with Crippen molar-refractivity contribution in [1.82, 2.24) is 4.90 Å². The molecule has 1 aliphatic carbocycles. The molecule has 0 aromatic carbocycles. The first kappa shape index (κ1) is 17.5. The maximum Gasteiger partial charge on any atom is 0.304 e. The molecule has 2 unspecified atom stereocenters. The van der Waals surface area contributed by atoms with Gasteiger partial charge in [0.15, 0.2) is 0 Å². The van der Waals surface area contributed by atoms with Crippen LogP contribution in [0.2, 0.25) is 0 Å². The molecular formula is C17H33NO2. The van der Waals surface area contributed by atoms with Crippen molar-refractivity contribution in [2.24, 2.45) is 11.8 Å². The van der Waals surface area contributed by atoms with Crippen molar-refractivity contribution in [2.75, 3.05) is 6.54 Å². The Labute approximate surface area is 124 Å². The van der Waals surface area contributed by atoms with Crippen LogP contribution < -0.4 is 0 Å². The van der Waals surface area contributed by atoms with E-state index in [0.29, 0.717) is 12.6 Å². The Bertz CT molecular complexity index is 307. The number of carboxylic acids is 1. The minimum absolute atomic E-state index is 0.0534. The molecule has 1 fully saturated rings. The Kier molecular flexibility index (Phi) is 6.50.